The van der Waals surface area contributed by atoms with Crippen molar-refractivity contribution >= 4 is 5.97 Å². The van der Waals surface area contributed by atoms with Crippen molar-refractivity contribution in [3.8, 4) is 0 Å². The van der Waals surface area contributed by atoms with Crippen molar-refractivity contribution in [2.75, 3.05) is 33.7 Å². The van der Waals surface area contributed by atoms with Gasteiger partial charge >= 0.3 is 5.97 Å². The first-order valence-electron chi connectivity index (χ1n) is 4.88. The number of likely N-dealkylation sites (N-methyl/N-ethyl adjacent to an activating group) is 2. The van der Waals surface area contributed by atoms with E-state index in [-0.39, 0.29) is 0 Å². The van der Waals surface area contributed by atoms with Gasteiger partial charge in [-0.05, 0) is 27.1 Å². The van der Waals surface area contributed by atoms with Gasteiger partial charge < -0.3 is 15.7 Å². The summed E-state index contributed by atoms with van der Waals surface area (Å²) in [4.78, 5) is 14.8. The number of aliphatic carboxylic acids is 1. The largest absolute Gasteiger partial charge is 0.480 e. The zero-order valence-corrected chi connectivity index (χ0v) is 8.81. The summed E-state index contributed by atoms with van der Waals surface area (Å²) in [6, 6.07) is -0.323. The van der Waals surface area contributed by atoms with Crippen LogP contribution in [-0.4, -0.2) is 66.7 Å². The summed E-state index contributed by atoms with van der Waals surface area (Å²) in [6.07, 6.45) is 1.10. The number of hydrogen-bond acceptors (Lipinski definition) is 4. The fraction of sp³-hybridized carbons (Fsp3) is 0.889. The van der Waals surface area contributed by atoms with Gasteiger partial charge in [-0.25, -0.2) is 0 Å². The van der Waals surface area contributed by atoms with Crippen LogP contribution in [0.25, 0.3) is 0 Å². The number of rotatable bonds is 4. The Labute approximate surface area is 84.5 Å². The summed E-state index contributed by atoms with van der Waals surface area (Å²) in [7, 11) is 4.01. The Bertz CT molecular complexity index is 210. The van der Waals surface area contributed by atoms with Crippen LogP contribution >= 0.6 is 0 Å². The highest BCUT2D eigenvalue weighted by molar-refractivity contribution is 5.73. The van der Waals surface area contributed by atoms with Gasteiger partial charge in [0, 0.05) is 19.1 Å². The molecule has 0 aromatic heterocycles. The van der Waals surface area contributed by atoms with E-state index in [2.05, 4.69) is 11.9 Å². The molecule has 0 aromatic rings. The number of carboxylic acids is 1. The standard InChI is InChI=1S/C9H19N3O2/c1-11-4-3-7(5-11)12(2)6-8(10)9(13)14/h7-8H,3-6,10H2,1-2H3,(H,13,14). The first-order valence-corrected chi connectivity index (χ1v) is 4.88. The molecule has 14 heavy (non-hydrogen) atoms. The maximum absolute atomic E-state index is 10.6. The molecule has 3 N–H and O–H groups in total. The summed E-state index contributed by atoms with van der Waals surface area (Å²) in [5, 5.41) is 8.66. The number of likely N-dealkylation sites (tertiary alicyclic amines) is 1. The molecule has 1 aliphatic rings. The lowest BCUT2D eigenvalue weighted by atomic mass is 10.2. The summed E-state index contributed by atoms with van der Waals surface area (Å²) in [5.74, 6) is -0.928. The van der Waals surface area contributed by atoms with E-state index < -0.39 is 12.0 Å². The van der Waals surface area contributed by atoms with Gasteiger partial charge in [0.1, 0.15) is 6.04 Å². The Morgan fingerprint density at radius 3 is 2.86 bits per heavy atom. The van der Waals surface area contributed by atoms with Crippen LogP contribution in [0.4, 0.5) is 0 Å². The van der Waals surface area contributed by atoms with E-state index >= 15 is 0 Å². The molecule has 0 bridgehead atoms. The number of carbonyl (C=O) groups is 1. The summed E-state index contributed by atoms with van der Waals surface area (Å²) in [5.41, 5.74) is 5.46. The van der Waals surface area contributed by atoms with E-state index in [0.29, 0.717) is 12.6 Å². The van der Waals surface area contributed by atoms with E-state index in [9.17, 15) is 4.79 Å². The Morgan fingerprint density at radius 2 is 2.43 bits per heavy atom. The van der Waals surface area contributed by atoms with E-state index in [1.165, 1.54) is 0 Å². The Morgan fingerprint density at radius 1 is 1.79 bits per heavy atom. The highest BCUT2D eigenvalue weighted by Crippen LogP contribution is 2.12. The molecule has 1 heterocycles. The van der Waals surface area contributed by atoms with Crippen LogP contribution in [0.2, 0.25) is 0 Å². The molecule has 1 fully saturated rings. The van der Waals surface area contributed by atoms with Crippen LogP contribution in [0.5, 0.6) is 0 Å². The van der Waals surface area contributed by atoms with Crippen molar-refractivity contribution in [1.82, 2.24) is 9.80 Å². The van der Waals surface area contributed by atoms with E-state index in [0.717, 1.165) is 19.5 Å². The average Bonchev–Trinajstić information content (AvgIpc) is 2.51. The minimum Gasteiger partial charge on any atom is -0.480 e. The Kier molecular flexibility index (Phi) is 3.86. The molecule has 1 aliphatic heterocycles. The molecular weight excluding hydrogens is 182 g/mol. The van der Waals surface area contributed by atoms with Gasteiger partial charge in [0.25, 0.3) is 0 Å². The minimum atomic E-state index is -0.928. The lowest BCUT2D eigenvalue weighted by Crippen LogP contribution is -2.45. The molecule has 1 saturated heterocycles. The molecule has 0 saturated carbocycles. The van der Waals surface area contributed by atoms with Gasteiger partial charge in [-0.15, -0.1) is 0 Å². The fourth-order valence-electron chi connectivity index (χ4n) is 1.81. The van der Waals surface area contributed by atoms with Gasteiger partial charge in [-0.1, -0.05) is 0 Å². The highest BCUT2D eigenvalue weighted by atomic mass is 16.4. The Hall–Kier alpha value is -0.650. The molecule has 2 unspecified atom stereocenters. The van der Waals surface area contributed by atoms with Gasteiger partial charge in [-0.2, -0.15) is 0 Å². The molecule has 5 heteroatoms. The lowest BCUT2D eigenvalue weighted by Gasteiger charge is -2.25. The van der Waals surface area contributed by atoms with E-state index in [1.807, 2.05) is 11.9 Å². The first-order chi connectivity index (χ1) is 6.50. The number of nitrogens with zero attached hydrogens (tertiary/aromatic N) is 2. The van der Waals surface area contributed by atoms with Crippen molar-refractivity contribution in [1.29, 1.82) is 0 Å². The van der Waals surface area contributed by atoms with Gasteiger partial charge in [-0.3, -0.25) is 9.69 Å². The summed E-state index contributed by atoms with van der Waals surface area (Å²) >= 11 is 0. The van der Waals surface area contributed by atoms with E-state index in [1.54, 1.807) is 0 Å². The Balaban J connectivity index is 2.34. The van der Waals surface area contributed by atoms with Crippen LogP contribution in [0.3, 0.4) is 0 Å². The van der Waals surface area contributed by atoms with Crippen LogP contribution in [-0.2, 0) is 4.79 Å². The lowest BCUT2D eigenvalue weighted by molar-refractivity contribution is -0.139. The van der Waals surface area contributed by atoms with E-state index in [4.69, 9.17) is 10.8 Å². The minimum absolute atomic E-state index is 0.424. The van der Waals surface area contributed by atoms with Crippen LogP contribution in [0.15, 0.2) is 0 Å². The number of carboxylic acid groups (broad SMARTS) is 1. The smallest absolute Gasteiger partial charge is 0.321 e. The normalized spacial score (nSPS) is 25.6. The molecule has 0 amide bonds. The quantitative estimate of drug-likeness (QED) is 0.612. The monoisotopic (exact) mass is 201 g/mol. The summed E-state index contributed by atoms with van der Waals surface area (Å²) < 4.78 is 0. The second-order valence-corrected chi connectivity index (χ2v) is 4.09. The molecule has 82 valence electrons. The fourth-order valence-corrected chi connectivity index (χ4v) is 1.81. The van der Waals surface area contributed by atoms with Crippen LogP contribution < -0.4 is 5.73 Å². The molecule has 5 nitrogen and oxygen atoms in total. The highest BCUT2D eigenvalue weighted by Gasteiger charge is 2.25. The molecule has 0 aromatic carbocycles. The maximum atomic E-state index is 10.6. The molecule has 1 rings (SSSR count). The van der Waals surface area contributed by atoms with Crippen molar-refractivity contribution in [3.05, 3.63) is 0 Å². The predicted octanol–water partition coefficient (Wildman–Crippen LogP) is -0.966. The first kappa shape index (κ1) is 11.4. The molecule has 0 aliphatic carbocycles. The number of nitrogens with two attached hydrogens (primary N) is 1. The average molecular weight is 201 g/mol. The summed E-state index contributed by atoms with van der Waals surface area (Å²) in [6.45, 7) is 2.51. The maximum Gasteiger partial charge on any atom is 0.321 e. The molecule has 0 spiro atoms. The van der Waals surface area contributed by atoms with Gasteiger partial charge in [0.15, 0.2) is 0 Å². The molecule has 2 atom stereocenters. The third kappa shape index (κ3) is 2.94. The van der Waals surface area contributed by atoms with Crippen LogP contribution in [0.1, 0.15) is 6.42 Å². The third-order valence-corrected chi connectivity index (χ3v) is 2.79. The topological polar surface area (TPSA) is 69.8 Å². The zero-order chi connectivity index (χ0) is 10.7. The molecular formula is C9H19N3O2. The van der Waals surface area contributed by atoms with Crippen LogP contribution in [0, 0.1) is 0 Å². The zero-order valence-electron chi connectivity index (χ0n) is 8.81. The van der Waals surface area contributed by atoms with Crippen molar-refractivity contribution in [2.45, 2.75) is 18.5 Å². The second kappa shape index (κ2) is 4.72. The van der Waals surface area contributed by atoms with Gasteiger partial charge in [0.05, 0.1) is 0 Å². The predicted molar refractivity (Wildman–Crippen MR) is 54.1 cm³/mol. The van der Waals surface area contributed by atoms with Gasteiger partial charge in [0.2, 0.25) is 0 Å². The second-order valence-electron chi connectivity index (χ2n) is 4.09. The van der Waals surface area contributed by atoms with Crippen molar-refractivity contribution in [2.24, 2.45) is 5.73 Å². The number of hydrogen-bond donors (Lipinski definition) is 2. The van der Waals surface area contributed by atoms with Crippen molar-refractivity contribution < 1.29 is 9.90 Å². The molecule has 0 radical (unpaired) electrons. The van der Waals surface area contributed by atoms with Crippen molar-refractivity contribution in [3.63, 3.8) is 0 Å². The third-order valence-electron chi connectivity index (χ3n) is 2.79. The SMILES string of the molecule is CN1CCC(N(C)CC(N)C(=O)O)C1.